The average Bonchev–Trinajstić information content (AvgIpc) is 3.21. The Morgan fingerprint density at radius 3 is 2.78 bits per heavy atom. The molecule has 8 nitrogen and oxygen atoms in total. The maximum Gasteiger partial charge on any atom is 0.235 e. The molecule has 2 amide bonds. The first kappa shape index (κ1) is 13.9. The summed E-state index contributed by atoms with van der Waals surface area (Å²) in [6.45, 7) is 3.02. The predicted octanol–water partition coefficient (Wildman–Crippen LogP) is 0.214. The second-order valence-electron chi connectivity index (χ2n) is 6.09. The summed E-state index contributed by atoms with van der Waals surface area (Å²) in [4.78, 5) is 34.6. The third-order valence-corrected chi connectivity index (χ3v) is 4.46. The van der Waals surface area contributed by atoms with Crippen LogP contribution in [0.1, 0.15) is 18.7 Å². The van der Waals surface area contributed by atoms with E-state index in [1.807, 2.05) is 30.2 Å². The van der Waals surface area contributed by atoms with Gasteiger partial charge in [-0.1, -0.05) is 0 Å². The highest BCUT2D eigenvalue weighted by molar-refractivity contribution is 6.06. The lowest BCUT2D eigenvalue weighted by atomic mass is 9.85. The molecule has 2 fully saturated rings. The van der Waals surface area contributed by atoms with Gasteiger partial charge in [-0.3, -0.25) is 14.9 Å². The van der Waals surface area contributed by atoms with Gasteiger partial charge in [-0.15, -0.1) is 0 Å². The van der Waals surface area contributed by atoms with Gasteiger partial charge in [0, 0.05) is 38.0 Å². The van der Waals surface area contributed by atoms with E-state index in [0.29, 0.717) is 31.2 Å². The number of amides is 2. The predicted molar refractivity (Wildman–Crippen MR) is 80.9 cm³/mol. The molecule has 2 aliphatic rings. The summed E-state index contributed by atoms with van der Waals surface area (Å²) >= 11 is 0. The number of nitrogens with one attached hydrogen (secondary N) is 1. The highest BCUT2D eigenvalue weighted by Gasteiger charge is 2.51. The number of hydrogen-bond acceptors (Lipinski definition) is 6. The molecule has 0 saturated carbocycles. The van der Waals surface area contributed by atoms with Crippen LogP contribution in [0.5, 0.6) is 0 Å². The summed E-state index contributed by atoms with van der Waals surface area (Å²) in [5.41, 5.74) is -0.609. The van der Waals surface area contributed by atoms with E-state index >= 15 is 0 Å². The second-order valence-corrected chi connectivity index (χ2v) is 6.09. The SMILES string of the molecule is Cc1nc(N2CC[C@@]3(CC(=O)NC3=O)C2)cc(-n2cccn2)n1. The Morgan fingerprint density at radius 2 is 2.09 bits per heavy atom. The Labute approximate surface area is 132 Å². The van der Waals surface area contributed by atoms with Gasteiger partial charge >= 0.3 is 0 Å². The zero-order chi connectivity index (χ0) is 16.0. The largest absolute Gasteiger partial charge is 0.355 e. The lowest BCUT2D eigenvalue weighted by Crippen LogP contribution is -2.34. The lowest BCUT2D eigenvalue weighted by Gasteiger charge is -2.21. The van der Waals surface area contributed by atoms with Crippen LogP contribution in [0.25, 0.3) is 5.82 Å². The smallest absolute Gasteiger partial charge is 0.235 e. The van der Waals surface area contributed by atoms with Crippen molar-refractivity contribution in [3.8, 4) is 5.82 Å². The van der Waals surface area contributed by atoms with E-state index < -0.39 is 5.41 Å². The molecule has 0 aromatic carbocycles. The molecule has 4 rings (SSSR count). The summed E-state index contributed by atoms with van der Waals surface area (Å²) in [7, 11) is 0. The first-order chi connectivity index (χ1) is 11.1. The summed E-state index contributed by atoms with van der Waals surface area (Å²) in [6.07, 6.45) is 4.43. The highest BCUT2D eigenvalue weighted by atomic mass is 16.2. The Morgan fingerprint density at radius 1 is 1.26 bits per heavy atom. The van der Waals surface area contributed by atoms with E-state index in [2.05, 4.69) is 20.4 Å². The van der Waals surface area contributed by atoms with Crippen LogP contribution in [-0.2, 0) is 9.59 Å². The summed E-state index contributed by atoms with van der Waals surface area (Å²) < 4.78 is 1.68. The molecule has 8 heteroatoms. The molecule has 1 N–H and O–H groups in total. The number of aryl methyl sites for hydroxylation is 1. The number of carbonyl (C=O) groups is 2. The van der Waals surface area contributed by atoms with Crippen molar-refractivity contribution in [2.45, 2.75) is 19.8 Å². The lowest BCUT2D eigenvalue weighted by molar-refractivity contribution is -0.127. The average molecular weight is 312 g/mol. The van der Waals surface area contributed by atoms with Crippen molar-refractivity contribution in [2.24, 2.45) is 5.41 Å². The number of rotatable bonds is 2. The molecule has 0 unspecified atom stereocenters. The van der Waals surface area contributed by atoms with E-state index in [1.165, 1.54) is 0 Å². The van der Waals surface area contributed by atoms with Crippen LogP contribution in [0.3, 0.4) is 0 Å². The van der Waals surface area contributed by atoms with Crippen LogP contribution in [-0.4, -0.2) is 44.7 Å². The Bertz CT molecular complexity index is 787. The van der Waals surface area contributed by atoms with Gasteiger partial charge in [-0.25, -0.2) is 14.6 Å². The molecule has 0 aliphatic carbocycles. The zero-order valence-electron chi connectivity index (χ0n) is 12.7. The van der Waals surface area contributed by atoms with Gasteiger partial charge in [0.15, 0.2) is 5.82 Å². The van der Waals surface area contributed by atoms with Gasteiger partial charge in [0.25, 0.3) is 0 Å². The number of nitrogens with zero attached hydrogens (tertiary/aromatic N) is 5. The topological polar surface area (TPSA) is 93.0 Å². The third kappa shape index (κ3) is 2.26. The van der Waals surface area contributed by atoms with Crippen molar-refractivity contribution in [3.05, 3.63) is 30.4 Å². The Hall–Kier alpha value is -2.77. The molecule has 4 heterocycles. The van der Waals surface area contributed by atoms with Gasteiger partial charge in [0.05, 0.1) is 5.41 Å². The maximum atomic E-state index is 12.1. The van der Waals surface area contributed by atoms with Gasteiger partial charge < -0.3 is 4.90 Å². The van der Waals surface area contributed by atoms with E-state index in [4.69, 9.17) is 0 Å². The van der Waals surface area contributed by atoms with Crippen molar-refractivity contribution in [1.29, 1.82) is 0 Å². The van der Waals surface area contributed by atoms with Gasteiger partial charge in [0.1, 0.15) is 11.6 Å². The fraction of sp³-hybridized carbons (Fsp3) is 0.400. The summed E-state index contributed by atoms with van der Waals surface area (Å²) in [6, 6.07) is 3.68. The minimum Gasteiger partial charge on any atom is -0.355 e. The summed E-state index contributed by atoms with van der Waals surface area (Å²) in [5.74, 6) is 1.73. The second kappa shape index (κ2) is 4.87. The van der Waals surface area contributed by atoms with Crippen molar-refractivity contribution in [3.63, 3.8) is 0 Å². The normalized spacial score (nSPS) is 23.8. The van der Waals surface area contributed by atoms with Crippen molar-refractivity contribution >= 4 is 17.6 Å². The fourth-order valence-electron chi connectivity index (χ4n) is 3.31. The number of imide groups is 1. The summed E-state index contributed by atoms with van der Waals surface area (Å²) in [5, 5.41) is 6.60. The van der Waals surface area contributed by atoms with Crippen LogP contribution < -0.4 is 10.2 Å². The first-order valence-electron chi connectivity index (χ1n) is 7.51. The number of hydrogen-bond donors (Lipinski definition) is 1. The van der Waals surface area contributed by atoms with Crippen LogP contribution >= 0.6 is 0 Å². The molecular weight excluding hydrogens is 296 g/mol. The van der Waals surface area contributed by atoms with E-state index in [1.54, 1.807) is 10.9 Å². The van der Waals surface area contributed by atoms with E-state index in [-0.39, 0.29) is 18.2 Å². The van der Waals surface area contributed by atoms with E-state index in [9.17, 15) is 9.59 Å². The molecule has 2 aliphatic heterocycles. The fourth-order valence-corrected chi connectivity index (χ4v) is 3.31. The maximum absolute atomic E-state index is 12.1. The van der Waals surface area contributed by atoms with Crippen molar-refractivity contribution in [1.82, 2.24) is 25.1 Å². The monoisotopic (exact) mass is 312 g/mol. The zero-order valence-corrected chi connectivity index (χ0v) is 12.7. The third-order valence-electron chi connectivity index (χ3n) is 4.46. The van der Waals surface area contributed by atoms with Gasteiger partial charge in [-0.05, 0) is 19.4 Å². The molecule has 118 valence electrons. The molecule has 0 radical (unpaired) electrons. The van der Waals surface area contributed by atoms with Crippen LogP contribution in [0, 0.1) is 12.3 Å². The molecule has 1 spiro atoms. The molecule has 0 bridgehead atoms. The molecule has 23 heavy (non-hydrogen) atoms. The molecular formula is C15H16N6O2. The quantitative estimate of drug-likeness (QED) is 0.797. The van der Waals surface area contributed by atoms with E-state index in [0.717, 1.165) is 5.82 Å². The number of anilines is 1. The number of aromatic nitrogens is 4. The Kier molecular flexibility index (Phi) is 2.93. The Balaban J connectivity index is 1.65. The molecule has 2 saturated heterocycles. The standard InChI is InChI=1S/C15H16N6O2/c1-10-17-11(7-12(18-10)21-5-2-4-16-21)20-6-3-15(9-20)8-13(22)19-14(15)23/h2,4-5,7H,3,6,8-9H2,1H3,(H,19,22,23)/t15-/m1/s1. The molecule has 2 aromatic rings. The van der Waals surface area contributed by atoms with Gasteiger partial charge in [-0.2, -0.15) is 5.10 Å². The van der Waals surface area contributed by atoms with Crippen LogP contribution in [0.4, 0.5) is 5.82 Å². The first-order valence-corrected chi connectivity index (χ1v) is 7.51. The number of carbonyl (C=O) groups excluding carboxylic acids is 2. The van der Waals surface area contributed by atoms with Crippen LogP contribution in [0.15, 0.2) is 24.5 Å². The highest BCUT2D eigenvalue weighted by Crippen LogP contribution is 2.39. The molecule has 1 atom stereocenters. The van der Waals surface area contributed by atoms with Crippen molar-refractivity contribution < 1.29 is 9.59 Å². The van der Waals surface area contributed by atoms with Gasteiger partial charge in [0.2, 0.25) is 11.8 Å². The minimum atomic E-state index is -0.609. The van der Waals surface area contributed by atoms with Crippen molar-refractivity contribution in [2.75, 3.05) is 18.0 Å². The minimum absolute atomic E-state index is 0.164. The van der Waals surface area contributed by atoms with Crippen LogP contribution in [0.2, 0.25) is 0 Å². The molecule has 2 aromatic heterocycles.